The zero-order valence-corrected chi connectivity index (χ0v) is 15.5. The van der Waals surface area contributed by atoms with Crippen molar-refractivity contribution >= 4 is 34.9 Å². The maximum Gasteiger partial charge on any atom is 0.409 e. The number of anilines is 3. The molecule has 0 aliphatic rings. The first-order valence-electron chi connectivity index (χ1n) is 8.41. The van der Waals surface area contributed by atoms with Crippen LogP contribution in [0.25, 0.3) is 0 Å². The summed E-state index contributed by atoms with van der Waals surface area (Å²) in [6.07, 6.45) is 2.21. The first kappa shape index (κ1) is 18.7. The predicted octanol–water partition coefficient (Wildman–Crippen LogP) is 4.77. The standard InChI is InChI=1S/C20H19ClN4O2/c1-25(18-10-11-22-19(21)24-18)17-7-3-5-15(13-17)9-8-14-4-2-6-16(12-14)23-20(26)27/h2-7,10-13,23H,8-9H2,1H3,(H,26,27). The van der Waals surface area contributed by atoms with Crippen molar-refractivity contribution in [3.8, 4) is 0 Å². The van der Waals surface area contributed by atoms with Crippen molar-refractivity contribution in [2.75, 3.05) is 17.3 Å². The Morgan fingerprint density at radius 1 is 1.11 bits per heavy atom. The molecule has 6 nitrogen and oxygen atoms in total. The Bertz CT molecular complexity index is 949. The van der Waals surface area contributed by atoms with E-state index >= 15 is 0 Å². The fourth-order valence-electron chi connectivity index (χ4n) is 2.78. The van der Waals surface area contributed by atoms with Crippen LogP contribution < -0.4 is 10.2 Å². The van der Waals surface area contributed by atoms with Crippen LogP contribution in [0.1, 0.15) is 11.1 Å². The van der Waals surface area contributed by atoms with Crippen LogP contribution >= 0.6 is 11.6 Å². The highest BCUT2D eigenvalue weighted by Gasteiger charge is 2.07. The number of carbonyl (C=O) groups is 1. The molecule has 0 spiro atoms. The van der Waals surface area contributed by atoms with Crippen LogP contribution in [0, 0.1) is 0 Å². The summed E-state index contributed by atoms with van der Waals surface area (Å²) >= 11 is 5.88. The number of nitrogens with one attached hydrogen (secondary N) is 1. The van der Waals surface area contributed by atoms with Crippen molar-refractivity contribution in [1.29, 1.82) is 0 Å². The van der Waals surface area contributed by atoms with Gasteiger partial charge in [0, 0.05) is 24.6 Å². The van der Waals surface area contributed by atoms with E-state index in [0.717, 1.165) is 29.9 Å². The molecule has 1 amide bonds. The van der Waals surface area contributed by atoms with Crippen molar-refractivity contribution in [2.45, 2.75) is 12.8 Å². The van der Waals surface area contributed by atoms with Gasteiger partial charge >= 0.3 is 6.09 Å². The van der Waals surface area contributed by atoms with E-state index in [1.54, 1.807) is 18.3 Å². The molecule has 2 aromatic carbocycles. The number of benzene rings is 2. The molecule has 7 heteroatoms. The minimum atomic E-state index is -1.06. The number of hydrogen-bond donors (Lipinski definition) is 2. The molecule has 3 rings (SSSR count). The second-order valence-corrected chi connectivity index (χ2v) is 6.38. The summed E-state index contributed by atoms with van der Waals surface area (Å²) in [5, 5.41) is 11.4. The highest BCUT2D eigenvalue weighted by molar-refractivity contribution is 6.28. The summed E-state index contributed by atoms with van der Waals surface area (Å²) in [5.41, 5.74) is 3.83. The second-order valence-electron chi connectivity index (χ2n) is 6.04. The van der Waals surface area contributed by atoms with E-state index in [0.29, 0.717) is 5.69 Å². The van der Waals surface area contributed by atoms with Gasteiger partial charge in [-0.05, 0) is 65.9 Å². The van der Waals surface area contributed by atoms with Crippen molar-refractivity contribution in [1.82, 2.24) is 9.97 Å². The van der Waals surface area contributed by atoms with E-state index in [2.05, 4.69) is 27.4 Å². The van der Waals surface area contributed by atoms with Crippen LogP contribution in [0.4, 0.5) is 22.0 Å². The van der Waals surface area contributed by atoms with Gasteiger partial charge in [0.05, 0.1) is 0 Å². The minimum Gasteiger partial charge on any atom is -0.465 e. The lowest BCUT2D eigenvalue weighted by molar-refractivity contribution is 0.210. The molecule has 27 heavy (non-hydrogen) atoms. The Labute approximate surface area is 162 Å². The van der Waals surface area contributed by atoms with Crippen LogP contribution in [0.15, 0.2) is 60.8 Å². The van der Waals surface area contributed by atoms with Crippen LogP contribution in [0.5, 0.6) is 0 Å². The molecule has 2 N–H and O–H groups in total. The first-order chi connectivity index (χ1) is 13.0. The zero-order chi connectivity index (χ0) is 19.2. The predicted molar refractivity (Wildman–Crippen MR) is 107 cm³/mol. The van der Waals surface area contributed by atoms with E-state index in [-0.39, 0.29) is 5.28 Å². The topological polar surface area (TPSA) is 78.4 Å². The van der Waals surface area contributed by atoms with Gasteiger partial charge in [-0.15, -0.1) is 0 Å². The third-order valence-electron chi connectivity index (χ3n) is 4.13. The van der Waals surface area contributed by atoms with Crippen molar-refractivity contribution in [3.63, 3.8) is 0 Å². The molecule has 138 valence electrons. The third-order valence-corrected chi connectivity index (χ3v) is 4.32. The maximum atomic E-state index is 10.8. The summed E-state index contributed by atoms with van der Waals surface area (Å²) in [4.78, 5) is 20.9. The molecule has 1 heterocycles. The molecule has 0 aliphatic carbocycles. The number of nitrogens with zero attached hydrogens (tertiary/aromatic N) is 3. The van der Waals surface area contributed by atoms with Crippen LogP contribution in [-0.4, -0.2) is 28.2 Å². The number of rotatable bonds is 6. The summed E-state index contributed by atoms with van der Waals surface area (Å²) in [5.74, 6) is 0.722. The summed E-state index contributed by atoms with van der Waals surface area (Å²) in [6, 6.07) is 17.4. The molecule has 0 unspecified atom stereocenters. The number of carboxylic acid groups (broad SMARTS) is 1. The SMILES string of the molecule is CN(c1cccc(CCc2cccc(NC(=O)O)c2)c1)c1ccnc(Cl)n1. The minimum absolute atomic E-state index is 0.213. The number of amides is 1. The number of halogens is 1. The molecule has 0 saturated carbocycles. The van der Waals surface area contributed by atoms with Crippen LogP contribution in [0.3, 0.4) is 0 Å². The molecular weight excluding hydrogens is 364 g/mol. The van der Waals surface area contributed by atoms with Gasteiger partial charge in [0.2, 0.25) is 5.28 Å². The van der Waals surface area contributed by atoms with Crippen molar-refractivity contribution < 1.29 is 9.90 Å². The third kappa shape index (κ3) is 5.18. The van der Waals surface area contributed by atoms with E-state index in [4.69, 9.17) is 16.7 Å². The molecule has 0 atom stereocenters. The number of aromatic nitrogens is 2. The lowest BCUT2D eigenvalue weighted by atomic mass is 10.0. The summed E-state index contributed by atoms with van der Waals surface area (Å²) in [6.45, 7) is 0. The Morgan fingerprint density at radius 3 is 2.52 bits per heavy atom. The molecule has 0 radical (unpaired) electrons. The van der Waals surface area contributed by atoms with Crippen molar-refractivity contribution in [3.05, 3.63) is 77.2 Å². The van der Waals surface area contributed by atoms with Gasteiger partial charge < -0.3 is 10.0 Å². The van der Waals surface area contributed by atoms with Gasteiger partial charge in [0.25, 0.3) is 0 Å². The quantitative estimate of drug-likeness (QED) is 0.600. The molecule has 0 bridgehead atoms. The normalized spacial score (nSPS) is 10.4. The second kappa shape index (κ2) is 8.51. The molecule has 3 aromatic rings. The highest BCUT2D eigenvalue weighted by atomic mass is 35.5. The fourth-order valence-corrected chi connectivity index (χ4v) is 2.93. The molecule has 0 saturated heterocycles. The van der Waals surface area contributed by atoms with Gasteiger partial charge in [0.1, 0.15) is 5.82 Å². The first-order valence-corrected chi connectivity index (χ1v) is 8.79. The monoisotopic (exact) mass is 382 g/mol. The fraction of sp³-hybridized carbons (Fsp3) is 0.150. The van der Waals surface area contributed by atoms with E-state index in [1.807, 2.05) is 42.3 Å². The summed E-state index contributed by atoms with van der Waals surface area (Å²) < 4.78 is 0. The van der Waals surface area contributed by atoms with E-state index in [9.17, 15) is 4.79 Å². The van der Waals surface area contributed by atoms with Gasteiger partial charge in [-0.25, -0.2) is 14.8 Å². The average Bonchev–Trinajstić information content (AvgIpc) is 2.66. The van der Waals surface area contributed by atoms with Gasteiger partial charge in [-0.3, -0.25) is 5.32 Å². The molecule has 1 aromatic heterocycles. The van der Waals surface area contributed by atoms with E-state index in [1.165, 1.54) is 5.56 Å². The average molecular weight is 383 g/mol. The Morgan fingerprint density at radius 2 is 1.81 bits per heavy atom. The van der Waals surface area contributed by atoms with E-state index < -0.39 is 6.09 Å². The highest BCUT2D eigenvalue weighted by Crippen LogP contribution is 2.24. The Hall–Kier alpha value is -3.12. The lowest BCUT2D eigenvalue weighted by Gasteiger charge is -2.19. The van der Waals surface area contributed by atoms with Crippen molar-refractivity contribution in [2.24, 2.45) is 0 Å². The van der Waals surface area contributed by atoms with Gasteiger partial charge in [0.15, 0.2) is 0 Å². The van der Waals surface area contributed by atoms with Crippen LogP contribution in [0.2, 0.25) is 5.28 Å². The maximum absolute atomic E-state index is 10.8. The Balaban J connectivity index is 1.70. The lowest BCUT2D eigenvalue weighted by Crippen LogP contribution is -2.11. The van der Waals surface area contributed by atoms with Crippen LogP contribution in [-0.2, 0) is 12.8 Å². The molecule has 0 fully saturated rings. The summed E-state index contributed by atoms with van der Waals surface area (Å²) in [7, 11) is 1.93. The molecular formula is C20H19ClN4O2. The van der Waals surface area contributed by atoms with Gasteiger partial charge in [-0.2, -0.15) is 0 Å². The smallest absolute Gasteiger partial charge is 0.409 e. The Kier molecular flexibility index (Phi) is 5.88. The zero-order valence-electron chi connectivity index (χ0n) is 14.8. The largest absolute Gasteiger partial charge is 0.465 e. The number of hydrogen-bond acceptors (Lipinski definition) is 4. The molecule has 0 aliphatic heterocycles. The van der Waals surface area contributed by atoms with Gasteiger partial charge in [-0.1, -0.05) is 24.3 Å². The number of aryl methyl sites for hydroxylation is 2.